The van der Waals surface area contributed by atoms with E-state index in [-0.39, 0.29) is 5.91 Å². The van der Waals surface area contributed by atoms with Crippen LogP contribution in [0.5, 0.6) is 0 Å². The van der Waals surface area contributed by atoms with E-state index in [4.69, 9.17) is 0 Å². The van der Waals surface area contributed by atoms with Crippen LogP contribution >= 0.6 is 0 Å². The van der Waals surface area contributed by atoms with Gasteiger partial charge >= 0.3 is 0 Å². The molecule has 1 saturated heterocycles. The summed E-state index contributed by atoms with van der Waals surface area (Å²) < 4.78 is 0. The third kappa shape index (κ3) is 6.61. The van der Waals surface area contributed by atoms with Crippen LogP contribution in [0.15, 0.2) is 0 Å². The number of nitrogens with one attached hydrogen (secondary N) is 2. The van der Waals surface area contributed by atoms with Gasteiger partial charge in [0.25, 0.3) is 0 Å². The van der Waals surface area contributed by atoms with Crippen LogP contribution in [0.1, 0.15) is 26.7 Å². The summed E-state index contributed by atoms with van der Waals surface area (Å²) in [6.45, 7) is 9.03. The smallest absolute Gasteiger partial charge is 0.234 e. The number of nitrogens with zero attached hydrogens (tertiary/aromatic N) is 2. The highest BCUT2D eigenvalue weighted by atomic mass is 16.2. The monoisotopic (exact) mass is 242 g/mol. The number of carbonyl (C=O) groups excluding carboxylic acids is 1. The molecule has 0 atom stereocenters. The molecule has 1 rings (SSSR count). The van der Waals surface area contributed by atoms with Gasteiger partial charge in [0.1, 0.15) is 0 Å². The Morgan fingerprint density at radius 2 is 1.88 bits per heavy atom. The number of likely N-dealkylation sites (N-methyl/N-ethyl adjacent to an activating group) is 1. The Bertz CT molecular complexity index is 225. The molecule has 1 aliphatic rings. The molecule has 17 heavy (non-hydrogen) atoms. The molecule has 0 radical (unpaired) electrons. The number of amides is 1. The molecule has 1 heterocycles. The molecule has 0 bridgehead atoms. The van der Waals surface area contributed by atoms with Crippen molar-refractivity contribution in [3.63, 3.8) is 0 Å². The van der Waals surface area contributed by atoms with Crippen LogP contribution in [0.2, 0.25) is 0 Å². The van der Waals surface area contributed by atoms with Crippen LogP contribution in [0.4, 0.5) is 0 Å². The predicted molar refractivity (Wildman–Crippen MR) is 69.6 cm³/mol. The standard InChI is InChI=1S/C12H26N4O/c1-11(2)13-6-4-5-12(17)14-16-9-7-15(3)8-10-16/h11,13H,4-10H2,1-3H3,(H,14,17). The lowest BCUT2D eigenvalue weighted by Gasteiger charge is -2.32. The summed E-state index contributed by atoms with van der Waals surface area (Å²) in [6, 6.07) is 0.496. The van der Waals surface area contributed by atoms with Gasteiger partial charge in [-0.2, -0.15) is 0 Å². The first-order valence-corrected chi connectivity index (χ1v) is 6.54. The van der Waals surface area contributed by atoms with Crippen molar-refractivity contribution in [3.05, 3.63) is 0 Å². The fourth-order valence-corrected chi connectivity index (χ4v) is 1.79. The van der Waals surface area contributed by atoms with Crippen molar-refractivity contribution >= 4 is 5.91 Å². The van der Waals surface area contributed by atoms with Gasteiger partial charge in [-0.15, -0.1) is 0 Å². The van der Waals surface area contributed by atoms with Crippen LogP contribution in [0.25, 0.3) is 0 Å². The first-order chi connectivity index (χ1) is 8.08. The molecular weight excluding hydrogens is 216 g/mol. The Balaban J connectivity index is 2.04. The van der Waals surface area contributed by atoms with E-state index in [0.29, 0.717) is 12.5 Å². The van der Waals surface area contributed by atoms with Gasteiger partial charge in [0.15, 0.2) is 0 Å². The van der Waals surface area contributed by atoms with Gasteiger partial charge in [-0.25, -0.2) is 5.01 Å². The number of rotatable bonds is 6. The molecule has 100 valence electrons. The van der Waals surface area contributed by atoms with Gasteiger partial charge in [-0.3, -0.25) is 10.2 Å². The minimum absolute atomic E-state index is 0.139. The second-order valence-corrected chi connectivity index (χ2v) is 5.04. The molecule has 1 aliphatic heterocycles. The summed E-state index contributed by atoms with van der Waals surface area (Å²) in [5.74, 6) is 0.139. The predicted octanol–water partition coefficient (Wildman–Crippen LogP) is 0.0432. The number of hydrogen-bond acceptors (Lipinski definition) is 4. The van der Waals surface area contributed by atoms with Crippen molar-refractivity contribution < 1.29 is 4.79 Å². The van der Waals surface area contributed by atoms with E-state index >= 15 is 0 Å². The quantitative estimate of drug-likeness (QED) is 0.646. The van der Waals surface area contributed by atoms with Gasteiger partial charge in [0.2, 0.25) is 5.91 Å². The molecule has 0 aromatic rings. The molecular formula is C12H26N4O. The Morgan fingerprint density at radius 3 is 2.47 bits per heavy atom. The molecule has 1 fully saturated rings. The summed E-state index contributed by atoms with van der Waals surface area (Å²) in [5.41, 5.74) is 2.97. The zero-order chi connectivity index (χ0) is 12.7. The molecule has 0 saturated carbocycles. The maximum absolute atomic E-state index is 11.6. The van der Waals surface area contributed by atoms with Crippen molar-refractivity contribution in [1.82, 2.24) is 20.7 Å². The Kier molecular flexibility index (Phi) is 6.47. The van der Waals surface area contributed by atoms with E-state index in [0.717, 1.165) is 39.1 Å². The minimum Gasteiger partial charge on any atom is -0.315 e. The molecule has 0 spiro atoms. The van der Waals surface area contributed by atoms with E-state index in [1.807, 2.05) is 5.01 Å². The fraction of sp³-hybridized carbons (Fsp3) is 0.917. The van der Waals surface area contributed by atoms with E-state index < -0.39 is 0 Å². The van der Waals surface area contributed by atoms with E-state index in [2.05, 4.69) is 36.5 Å². The first kappa shape index (κ1) is 14.4. The summed E-state index contributed by atoms with van der Waals surface area (Å²) in [6.07, 6.45) is 1.50. The van der Waals surface area contributed by atoms with Gasteiger partial charge in [0, 0.05) is 38.6 Å². The average molecular weight is 242 g/mol. The lowest BCUT2D eigenvalue weighted by Crippen LogP contribution is -2.52. The molecule has 1 amide bonds. The largest absolute Gasteiger partial charge is 0.315 e. The Hall–Kier alpha value is -0.650. The normalized spacial score (nSPS) is 18.6. The van der Waals surface area contributed by atoms with E-state index in [9.17, 15) is 4.79 Å². The van der Waals surface area contributed by atoms with Crippen LogP contribution in [-0.2, 0) is 4.79 Å². The molecule has 0 aliphatic carbocycles. The van der Waals surface area contributed by atoms with E-state index in [1.165, 1.54) is 0 Å². The molecule has 0 aromatic carbocycles. The molecule has 2 N–H and O–H groups in total. The maximum Gasteiger partial charge on any atom is 0.234 e. The first-order valence-electron chi connectivity index (χ1n) is 6.54. The SMILES string of the molecule is CC(C)NCCCC(=O)NN1CCN(C)CC1. The van der Waals surface area contributed by atoms with Crippen LogP contribution < -0.4 is 10.7 Å². The van der Waals surface area contributed by atoms with Crippen molar-refractivity contribution in [2.45, 2.75) is 32.7 Å². The van der Waals surface area contributed by atoms with Crippen molar-refractivity contribution in [1.29, 1.82) is 0 Å². The highest BCUT2D eigenvalue weighted by molar-refractivity contribution is 5.75. The number of hydrazine groups is 1. The zero-order valence-electron chi connectivity index (χ0n) is 11.3. The van der Waals surface area contributed by atoms with Crippen molar-refractivity contribution in [2.75, 3.05) is 39.8 Å². The highest BCUT2D eigenvalue weighted by Gasteiger charge is 2.15. The summed E-state index contributed by atoms with van der Waals surface area (Å²) in [5, 5.41) is 5.34. The molecule has 0 aromatic heterocycles. The number of carbonyl (C=O) groups is 1. The average Bonchev–Trinajstić information content (AvgIpc) is 2.27. The molecule has 0 unspecified atom stereocenters. The van der Waals surface area contributed by atoms with Crippen LogP contribution in [0.3, 0.4) is 0 Å². The highest BCUT2D eigenvalue weighted by Crippen LogP contribution is 1.96. The van der Waals surface area contributed by atoms with Gasteiger partial charge in [0.05, 0.1) is 0 Å². The van der Waals surface area contributed by atoms with Crippen LogP contribution in [0, 0.1) is 0 Å². The van der Waals surface area contributed by atoms with Crippen molar-refractivity contribution in [2.24, 2.45) is 0 Å². The van der Waals surface area contributed by atoms with Gasteiger partial charge in [-0.05, 0) is 20.0 Å². The third-order valence-corrected chi connectivity index (χ3v) is 2.92. The Morgan fingerprint density at radius 1 is 1.24 bits per heavy atom. The molecule has 5 nitrogen and oxygen atoms in total. The van der Waals surface area contributed by atoms with E-state index in [1.54, 1.807) is 0 Å². The summed E-state index contributed by atoms with van der Waals surface area (Å²) in [7, 11) is 2.11. The minimum atomic E-state index is 0.139. The Labute approximate surface area is 104 Å². The van der Waals surface area contributed by atoms with Crippen molar-refractivity contribution in [3.8, 4) is 0 Å². The van der Waals surface area contributed by atoms with Crippen LogP contribution in [-0.4, -0.2) is 61.6 Å². The fourth-order valence-electron chi connectivity index (χ4n) is 1.79. The second kappa shape index (κ2) is 7.63. The molecule has 5 heteroatoms. The van der Waals surface area contributed by atoms with Gasteiger partial charge < -0.3 is 10.2 Å². The topological polar surface area (TPSA) is 47.6 Å². The zero-order valence-corrected chi connectivity index (χ0v) is 11.3. The third-order valence-electron chi connectivity index (χ3n) is 2.92. The lowest BCUT2D eigenvalue weighted by atomic mass is 10.3. The maximum atomic E-state index is 11.6. The summed E-state index contributed by atoms with van der Waals surface area (Å²) >= 11 is 0. The number of piperazine rings is 1. The second-order valence-electron chi connectivity index (χ2n) is 5.04. The lowest BCUT2D eigenvalue weighted by molar-refractivity contribution is -0.126. The number of hydrogen-bond donors (Lipinski definition) is 2. The summed E-state index contributed by atoms with van der Waals surface area (Å²) in [4.78, 5) is 13.9. The van der Waals surface area contributed by atoms with Gasteiger partial charge in [-0.1, -0.05) is 13.8 Å².